The van der Waals surface area contributed by atoms with Gasteiger partial charge in [-0.2, -0.15) is 5.10 Å². The van der Waals surface area contributed by atoms with E-state index in [0.29, 0.717) is 21.8 Å². The Morgan fingerprint density at radius 2 is 1.68 bits per heavy atom. The van der Waals surface area contributed by atoms with Crippen LogP contribution in [0.4, 0.5) is 14.6 Å². The average Bonchev–Trinajstić information content (AvgIpc) is 3.23. The highest BCUT2D eigenvalue weighted by atomic mass is 35.5. The standard InChI is InChI=1S/C23H22Cl2F2N4O3/c1-11(28-22(34)20(32)12-6-14(26)9-15(27)7-12)21(33)29-19-10-18(30-31-19)23(2,3)13-4-5-16(24)17(25)8-13/h4-11,20,32H,1-3H3,(H,28,34)(H2,29,30,31,33)/t11-,20-/m0/s1. The zero-order valence-electron chi connectivity index (χ0n) is 18.4. The molecule has 0 bridgehead atoms. The van der Waals surface area contributed by atoms with Gasteiger partial charge in [-0.25, -0.2) is 8.78 Å². The fourth-order valence-corrected chi connectivity index (χ4v) is 3.52. The van der Waals surface area contributed by atoms with Crippen LogP contribution in [0.2, 0.25) is 10.0 Å². The summed E-state index contributed by atoms with van der Waals surface area (Å²) in [5, 5.41) is 22.8. The lowest BCUT2D eigenvalue weighted by atomic mass is 9.81. The summed E-state index contributed by atoms with van der Waals surface area (Å²) in [6.07, 6.45) is -1.86. The van der Waals surface area contributed by atoms with E-state index >= 15 is 0 Å². The number of rotatable bonds is 7. The molecular weight excluding hydrogens is 489 g/mol. The zero-order chi connectivity index (χ0) is 25.2. The lowest BCUT2D eigenvalue weighted by Crippen LogP contribution is -2.43. The largest absolute Gasteiger partial charge is 0.378 e. The molecule has 0 unspecified atom stereocenters. The number of anilines is 1. The van der Waals surface area contributed by atoms with Gasteiger partial charge in [0.1, 0.15) is 17.7 Å². The van der Waals surface area contributed by atoms with Crippen LogP contribution in [0.1, 0.15) is 43.7 Å². The molecule has 0 aliphatic rings. The van der Waals surface area contributed by atoms with Crippen molar-refractivity contribution in [2.45, 2.75) is 38.3 Å². The number of nitrogens with zero attached hydrogens (tertiary/aromatic N) is 1. The second kappa shape index (κ2) is 10.1. The number of benzene rings is 2. The van der Waals surface area contributed by atoms with Crippen molar-refractivity contribution in [2.24, 2.45) is 0 Å². The zero-order valence-corrected chi connectivity index (χ0v) is 19.9. The molecule has 3 aromatic rings. The molecule has 0 aliphatic carbocycles. The van der Waals surface area contributed by atoms with Gasteiger partial charge in [0.2, 0.25) is 5.91 Å². The van der Waals surface area contributed by atoms with Crippen molar-refractivity contribution in [3.63, 3.8) is 0 Å². The minimum absolute atomic E-state index is 0.210. The van der Waals surface area contributed by atoms with Crippen LogP contribution < -0.4 is 10.6 Å². The van der Waals surface area contributed by atoms with Crippen LogP contribution in [-0.2, 0) is 15.0 Å². The summed E-state index contributed by atoms with van der Waals surface area (Å²) in [6.45, 7) is 5.26. The minimum Gasteiger partial charge on any atom is -0.378 e. The van der Waals surface area contributed by atoms with Crippen LogP contribution in [0.15, 0.2) is 42.5 Å². The average molecular weight is 511 g/mol. The van der Waals surface area contributed by atoms with Gasteiger partial charge in [-0.15, -0.1) is 0 Å². The van der Waals surface area contributed by atoms with E-state index in [0.717, 1.165) is 17.7 Å². The van der Waals surface area contributed by atoms with Crippen LogP contribution in [-0.4, -0.2) is 33.2 Å². The lowest BCUT2D eigenvalue weighted by molar-refractivity contribution is -0.132. The Morgan fingerprint density at radius 1 is 1.03 bits per heavy atom. The van der Waals surface area contributed by atoms with Crippen molar-refractivity contribution < 1.29 is 23.5 Å². The number of carbonyl (C=O) groups excluding carboxylic acids is 2. The van der Waals surface area contributed by atoms with E-state index in [2.05, 4.69) is 20.8 Å². The Hall–Kier alpha value is -3.01. The van der Waals surface area contributed by atoms with Gasteiger partial charge in [0, 0.05) is 23.2 Å². The van der Waals surface area contributed by atoms with Crippen molar-refractivity contribution in [1.82, 2.24) is 15.5 Å². The Kier molecular flexibility index (Phi) is 7.60. The summed E-state index contributed by atoms with van der Waals surface area (Å²) in [7, 11) is 0. The summed E-state index contributed by atoms with van der Waals surface area (Å²) >= 11 is 12.1. The third-order valence-electron chi connectivity index (χ3n) is 5.34. The summed E-state index contributed by atoms with van der Waals surface area (Å²) in [4.78, 5) is 24.8. The summed E-state index contributed by atoms with van der Waals surface area (Å²) < 4.78 is 26.7. The number of aromatic amines is 1. The fraction of sp³-hybridized carbons (Fsp3) is 0.261. The molecule has 1 aromatic heterocycles. The van der Waals surface area contributed by atoms with E-state index in [1.54, 1.807) is 18.2 Å². The highest BCUT2D eigenvalue weighted by Crippen LogP contribution is 2.34. The Morgan fingerprint density at radius 3 is 2.29 bits per heavy atom. The molecule has 34 heavy (non-hydrogen) atoms. The number of aromatic nitrogens is 2. The second-order valence-corrected chi connectivity index (χ2v) is 9.06. The molecule has 1 heterocycles. The third kappa shape index (κ3) is 5.72. The Labute approximate surface area is 204 Å². The number of nitrogens with one attached hydrogen (secondary N) is 3. The number of hydrogen-bond acceptors (Lipinski definition) is 4. The topological polar surface area (TPSA) is 107 Å². The maximum Gasteiger partial charge on any atom is 0.254 e. The van der Waals surface area contributed by atoms with Crippen LogP contribution in [0, 0.1) is 11.6 Å². The molecule has 0 radical (unpaired) electrons. The fourth-order valence-electron chi connectivity index (χ4n) is 3.22. The quantitative estimate of drug-likeness (QED) is 0.375. The molecular formula is C23H22Cl2F2N4O3. The van der Waals surface area contributed by atoms with Gasteiger partial charge in [-0.1, -0.05) is 43.1 Å². The van der Waals surface area contributed by atoms with Crippen LogP contribution >= 0.6 is 23.2 Å². The molecule has 11 heteroatoms. The molecule has 180 valence electrons. The van der Waals surface area contributed by atoms with Gasteiger partial charge in [-0.05, 0) is 42.3 Å². The molecule has 7 nitrogen and oxygen atoms in total. The first-order valence-corrected chi connectivity index (χ1v) is 10.9. The van der Waals surface area contributed by atoms with Crippen molar-refractivity contribution >= 4 is 40.8 Å². The van der Waals surface area contributed by atoms with E-state index in [1.807, 2.05) is 19.9 Å². The predicted molar refractivity (Wildman–Crippen MR) is 125 cm³/mol. The van der Waals surface area contributed by atoms with E-state index in [9.17, 15) is 23.5 Å². The van der Waals surface area contributed by atoms with Crippen molar-refractivity contribution in [3.8, 4) is 0 Å². The first kappa shape index (κ1) is 25.6. The Bertz CT molecular complexity index is 1210. The van der Waals surface area contributed by atoms with Crippen LogP contribution in [0.3, 0.4) is 0 Å². The first-order valence-electron chi connectivity index (χ1n) is 10.1. The molecule has 0 aliphatic heterocycles. The molecule has 0 saturated heterocycles. The molecule has 0 spiro atoms. The second-order valence-electron chi connectivity index (χ2n) is 8.25. The van der Waals surface area contributed by atoms with Crippen molar-refractivity contribution in [3.05, 3.63) is 81.0 Å². The van der Waals surface area contributed by atoms with Gasteiger partial charge < -0.3 is 15.7 Å². The van der Waals surface area contributed by atoms with E-state index in [-0.39, 0.29) is 11.4 Å². The number of aliphatic hydroxyl groups excluding tert-OH is 1. The van der Waals surface area contributed by atoms with Crippen LogP contribution in [0.5, 0.6) is 0 Å². The van der Waals surface area contributed by atoms with Gasteiger partial charge in [0.15, 0.2) is 11.9 Å². The molecule has 0 saturated carbocycles. The summed E-state index contributed by atoms with van der Waals surface area (Å²) in [5.41, 5.74) is 0.728. The minimum atomic E-state index is -1.86. The number of aliphatic hydroxyl groups is 1. The van der Waals surface area contributed by atoms with Gasteiger partial charge in [-0.3, -0.25) is 14.7 Å². The van der Waals surface area contributed by atoms with Gasteiger partial charge >= 0.3 is 0 Å². The highest BCUT2D eigenvalue weighted by Gasteiger charge is 2.28. The van der Waals surface area contributed by atoms with E-state index < -0.39 is 41.0 Å². The first-order chi connectivity index (χ1) is 15.9. The maximum absolute atomic E-state index is 13.3. The van der Waals surface area contributed by atoms with E-state index in [4.69, 9.17) is 23.2 Å². The molecule has 2 amide bonds. The number of hydrogen-bond donors (Lipinski definition) is 4. The predicted octanol–water partition coefficient (Wildman–Crippen LogP) is 4.50. The van der Waals surface area contributed by atoms with Gasteiger partial charge in [0.05, 0.1) is 10.0 Å². The monoisotopic (exact) mass is 510 g/mol. The molecule has 2 aromatic carbocycles. The van der Waals surface area contributed by atoms with Crippen molar-refractivity contribution in [2.75, 3.05) is 5.32 Å². The smallest absolute Gasteiger partial charge is 0.254 e. The molecule has 2 atom stereocenters. The number of amides is 2. The summed E-state index contributed by atoms with van der Waals surface area (Å²) in [6, 6.07) is 8.11. The highest BCUT2D eigenvalue weighted by molar-refractivity contribution is 6.42. The maximum atomic E-state index is 13.3. The van der Waals surface area contributed by atoms with Gasteiger partial charge in [0.25, 0.3) is 5.91 Å². The lowest BCUT2D eigenvalue weighted by Gasteiger charge is -2.24. The summed E-state index contributed by atoms with van der Waals surface area (Å²) in [5.74, 6) is -3.27. The number of carbonyl (C=O) groups is 2. The molecule has 4 N–H and O–H groups in total. The number of H-pyrrole nitrogens is 1. The molecule has 0 fully saturated rings. The molecule has 3 rings (SSSR count). The SMILES string of the molecule is C[C@H](NC(=O)[C@@H](O)c1cc(F)cc(F)c1)C(=O)Nc1cc(C(C)(C)c2ccc(Cl)c(Cl)c2)[nH]n1. The van der Waals surface area contributed by atoms with E-state index in [1.165, 1.54) is 6.92 Å². The van der Waals surface area contributed by atoms with Crippen LogP contribution in [0.25, 0.3) is 0 Å². The van der Waals surface area contributed by atoms with Crippen molar-refractivity contribution in [1.29, 1.82) is 0 Å². The third-order valence-corrected chi connectivity index (χ3v) is 6.08. The number of halogens is 4. The Balaban J connectivity index is 1.65. The normalized spacial score (nSPS) is 13.3.